The van der Waals surface area contributed by atoms with E-state index in [-0.39, 0.29) is 0 Å². The summed E-state index contributed by atoms with van der Waals surface area (Å²) in [6.45, 7) is 5.01. The lowest BCUT2D eigenvalue weighted by Crippen LogP contribution is -2.09. The first-order valence-electron chi connectivity index (χ1n) is 7.85. The van der Waals surface area contributed by atoms with Crippen molar-refractivity contribution in [2.45, 2.75) is 38.0 Å². The van der Waals surface area contributed by atoms with E-state index < -0.39 is 0 Å². The van der Waals surface area contributed by atoms with Crippen LogP contribution in [0.5, 0.6) is 5.75 Å². The van der Waals surface area contributed by atoms with Gasteiger partial charge in [0.05, 0.1) is 0 Å². The molecule has 1 heterocycles. The van der Waals surface area contributed by atoms with Crippen molar-refractivity contribution in [2.24, 2.45) is 0 Å². The normalized spacial score (nSPS) is 16.5. The number of hydrogen-bond donors (Lipinski definition) is 0. The van der Waals surface area contributed by atoms with Crippen LogP contribution in [0.2, 0.25) is 0 Å². The number of aryl methyl sites for hydroxylation is 3. The Bertz CT molecular complexity index is 674. The molecule has 22 heavy (non-hydrogen) atoms. The lowest BCUT2D eigenvalue weighted by Gasteiger charge is -2.20. The summed E-state index contributed by atoms with van der Waals surface area (Å²) in [5.41, 5.74) is 5.34. The topological polar surface area (TPSA) is 9.23 Å². The van der Waals surface area contributed by atoms with Gasteiger partial charge in [-0.25, -0.2) is 0 Å². The van der Waals surface area contributed by atoms with Crippen LogP contribution in [0, 0.1) is 13.8 Å². The van der Waals surface area contributed by atoms with Crippen LogP contribution in [0.4, 0.5) is 0 Å². The van der Waals surface area contributed by atoms with Crippen molar-refractivity contribution in [3.05, 3.63) is 70.1 Å². The molecule has 0 saturated carbocycles. The Kier molecular flexibility index (Phi) is 4.89. The van der Waals surface area contributed by atoms with E-state index in [4.69, 9.17) is 4.74 Å². The molecule has 0 amide bonds. The molecule has 1 nitrogen and oxygen atoms in total. The third kappa shape index (κ3) is 3.75. The number of thioether (sulfide) groups is 1. The van der Waals surface area contributed by atoms with E-state index in [1.165, 1.54) is 33.6 Å². The number of hydrogen-bond acceptors (Lipinski definition) is 2. The zero-order valence-corrected chi connectivity index (χ0v) is 14.1. The highest BCUT2D eigenvalue weighted by molar-refractivity contribution is 8.02. The van der Waals surface area contributed by atoms with Crippen molar-refractivity contribution in [1.82, 2.24) is 0 Å². The molecule has 0 aromatic heterocycles. The van der Waals surface area contributed by atoms with Crippen molar-refractivity contribution < 1.29 is 4.74 Å². The number of ether oxygens (including phenoxy) is 1. The third-order valence-corrected chi connectivity index (χ3v) is 4.94. The van der Waals surface area contributed by atoms with Crippen molar-refractivity contribution in [3.63, 3.8) is 0 Å². The van der Waals surface area contributed by atoms with Gasteiger partial charge in [0.2, 0.25) is 0 Å². The van der Waals surface area contributed by atoms with Gasteiger partial charge in [-0.05, 0) is 67.4 Å². The SMILES string of the molecule is Cc1cc(C)c2c(c1)CCC/C(=C\Sc1ccccc1)CO2. The second-order valence-electron chi connectivity index (χ2n) is 5.92. The van der Waals surface area contributed by atoms with Crippen LogP contribution in [0.25, 0.3) is 0 Å². The van der Waals surface area contributed by atoms with Gasteiger partial charge in [-0.1, -0.05) is 47.7 Å². The second kappa shape index (κ2) is 7.06. The van der Waals surface area contributed by atoms with Gasteiger partial charge in [-0.2, -0.15) is 0 Å². The van der Waals surface area contributed by atoms with Gasteiger partial charge in [0.25, 0.3) is 0 Å². The summed E-state index contributed by atoms with van der Waals surface area (Å²) in [6.07, 6.45) is 3.41. The van der Waals surface area contributed by atoms with Gasteiger partial charge in [0.1, 0.15) is 12.4 Å². The fraction of sp³-hybridized carbons (Fsp3) is 0.300. The molecule has 0 fully saturated rings. The van der Waals surface area contributed by atoms with Crippen molar-refractivity contribution >= 4 is 11.8 Å². The van der Waals surface area contributed by atoms with Crippen molar-refractivity contribution in [2.75, 3.05) is 6.61 Å². The van der Waals surface area contributed by atoms with Crippen molar-refractivity contribution in [3.8, 4) is 5.75 Å². The quantitative estimate of drug-likeness (QED) is 0.658. The summed E-state index contributed by atoms with van der Waals surface area (Å²) in [5, 5.41) is 2.27. The molecule has 0 aliphatic carbocycles. The summed E-state index contributed by atoms with van der Waals surface area (Å²) < 4.78 is 6.13. The highest BCUT2D eigenvalue weighted by atomic mass is 32.2. The van der Waals surface area contributed by atoms with Crippen LogP contribution in [0.3, 0.4) is 0 Å². The predicted molar refractivity (Wildman–Crippen MR) is 94.7 cm³/mol. The molecule has 0 radical (unpaired) electrons. The van der Waals surface area contributed by atoms with Crippen LogP contribution in [0.15, 0.2) is 58.3 Å². The maximum absolute atomic E-state index is 6.13. The van der Waals surface area contributed by atoms with Gasteiger partial charge >= 0.3 is 0 Å². The van der Waals surface area contributed by atoms with Gasteiger partial charge in [0, 0.05) is 4.90 Å². The first-order chi connectivity index (χ1) is 10.7. The standard InChI is InChI=1S/C20H22OS/c1-15-11-16(2)20-18(12-15)8-6-7-17(13-21-20)14-22-19-9-4-3-5-10-19/h3-5,9-12,14H,6-8,13H2,1-2H3/b17-14+. The highest BCUT2D eigenvalue weighted by Gasteiger charge is 2.13. The largest absolute Gasteiger partial charge is 0.489 e. The third-order valence-electron chi connectivity index (χ3n) is 3.95. The molecule has 1 aliphatic rings. The molecule has 1 aliphatic heterocycles. The van der Waals surface area contributed by atoms with Crippen LogP contribution in [-0.4, -0.2) is 6.61 Å². The van der Waals surface area contributed by atoms with Crippen molar-refractivity contribution in [1.29, 1.82) is 0 Å². The first-order valence-corrected chi connectivity index (χ1v) is 8.73. The fourth-order valence-electron chi connectivity index (χ4n) is 2.92. The lowest BCUT2D eigenvalue weighted by molar-refractivity contribution is 0.334. The van der Waals surface area contributed by atoms with Gasteiger partial charge in [0.15, 0.2) is 0 Å². The Hall–Kier alpha value is -1.67. The van der Waals surface area contributed by atoms with Crippen LogP contribution in [-0.2, 0) is 6.42 Å². The Labute approximate surface area is 137 Å². The molecule has 0 atom stereocenters. The number of fused-ring (bicyclic) bond motifs is 1. The van der Waals surface area contributed by atoms with Crippen LogP contribution in [0.1, 0.15) is 29.5 Å². The summed E-state index contributed by atoms with van der Waals surface area (Å²) in [4.78, 5) is 1.28. The Morgan fingerprint density at radius 2 is 1.86 bits per heavy atom. The smallest absolute Gasteiger partial charge is 0.125 e. The van der Waals surface area contributed by atoms with E-state index in [1.807, 2.05) is 0 Å². The molecule has 0 bridgehead atoms. The summed E-state index contributed by atoms with van der Waals surface area (Å²) in [7, 11) is 0. The highest BCUT2D eigenvalue weighted by Crippen LogP contribution is 2.31. The Morgan fingerprint density at radius 3 is 2.68 bits per heavy atom. The monoisotopic (exact) mass is 310 g/mol. The summed E-state index contributed by atoms with van der Waals surface area (Å²) in [5.74, 6) is 1.10. The summed E-state index contributed by atoms with van der Waals surface area (Å²) >= 11 is 1.79. The number of rotatable bonds is 2. The molecule has 2 aromatic carbocycles. The minimum atomic E-state index is 0.705. The van der Waals surface area contributed by atoms with Gasteiger partial charge in [-0.3, -0.25) is 0 Å². The van der Waals surface area contributed by atoms with Crippen LogP contribution < -0.4 is 4.74 Å². The summed E-state index contributed by atoms with van der Waals surface area (Å²) in [6, 6.07) is 15.0. The lowest BCUT2D eigenvalue weighted by atomic mass is 9.98. The van der Waals surface area contributed by atoms with E-state index >= 15 is 0 Å². The fourth-order valence-corrected chi connectivity index (χ4v) is 3.72. The second-order valence-corrected chi connectivity index (χ2v) is 6.86. The molecule has 0 spiro atoms. The molecular formula is C20H22OS. The van der Waals surface area contributed by atoms with E-state index in [9.17, 15) is 0 Å². The van der Waals surface area contributed by atoms with E-state index in [0.29, 0.717) is 6.61 Å². The van der Waals surface area contributed by atoms with Gasteiger partial charge in [-0.15, -0.1) is 0 Å². The maximum atomic E-state index is 6.13. The zero-order valence-electron chi connectivity index (χ0n) is 13.3. The minimum absolute atomic E-state index is 0.705. The maximum Gasteiger partial charge on any atom is 0.125 e. The zero-order chi connectivity index (χ0) is 15.4. The molecule has 3 rings (SSSR count). The van der Waals surface area contributed by atoms with E-state index in [1.54, 1.807) is 11.8 Å². The van der Waals surface area contributed by atoms with E-state index in [0.717, 1.165) is 18.6 Å². The molecule has 0 unspecified atom stereocenters. The minimum Gasteiger partial charge on any atom is -0.489 e. The Balaban J connectivity index is 1.73. The predicted octanol–water partition coefficient (Wildman–Crippen LogP) is 5.69. The molecular weight excluding hydrogens is 288 g/mol. The molecule has 0 saturated heterocycles. The Morgan fingerprint density at radius 1 is 1.05 bits per heavy atom. The molecule has 114 valence electrons. The number of benzene rings is 2. The van der Waals surface area contributed by atoms with Crippen LogP contribution >= 0.6 is 11.8 Å². The molecule has 2 heteroatoms. The molecule has 0 N–H and O–H groups in total. The van der Waals surface area contributed by atoms with Gasteiger partial charge < -0.3 is 4.74 Å². The van der Waals surface area contributed by atoms with E-state index in [2.05, 4.69) is 61.7 Å². The molecule has 2 aromatic rings. The first kappa shape index (κ1) is 15.2. The average Bonchev–Trinajstić information content (AvgIpc) is 2.49. The average molecular weight is 310 g/mol.